The molecule has 0 fully saturated rings. The average molecular weight is 249 g/mol. The second kappa shape index (κ2) is 6.55. The molecular formula is C15H23NO2. The minimum atomic E-state index is 0.0911. The van der Waals surface area contributed by atoms with Crippen LogP contribution in [0.3, 0.4) is 0 Å². The van der Waals surface area contributed by atoms with Crippen LogP contribution in [0.4, 0.5) is 0 Å². The highest BCUT2D eigenvalue weighted by molar-refractivity contribution is 6.02. The molecule has 0 aromatic heterocycles. The van der Waals surface area contributed by atoms with Crippen LogP contribution in [0.5, 0.6) is 5.75 Å². The Hall–Kier alpha value is -1.35. The molecule has 0 aliphatic rings. The van der Waals surface area contributed by atoms with Gasteiger partial charge in [0.1, 0.15) is 5.75 Å². The Morgan fingerprint density at radius 2 is 2.06 bits per heavy atom. The van der Waals surface area contributed by atoms with Crippen molar-refractivity contribution in [2.75, 3.05) is 20.7 Å². The molecule has 0 heterocycles. The Kier molecular flexibility index (Phi) is 5.35. The van der Waals surface area contributed by atoms with Gasteiger partial charge in [0.2, 0.25) is 0 Å². The highest BCUT2D eigenvalue weighted by atomic mass is 16.5. The molecule has 0 saturated carbocycles. The Morgan fingerprint density at radius 1 is 1.39 bits per heavy atom. The lowest BCUT2D eigenvalue weighted by Gasteiger charge is -2.18. The summed E-state index contributed by atoms with van der Waals surface area (Å²) in [7, 11) is 3.41. The van der Waals surface area contributed by atoms with Gasteiger partial charge in [0, 0.05) is 0 Å². The minimum Gasteiger partial charge on any atom is -0.496 e. The monoisotopic (exact) mass is 249 g/mol. The fraction of sp³-hybridized carbons (Fsp3) is 0.533. The predicted molar refractivity (Wildman–Crippen MR) is 74.7 cm³/mol. The molecule has 18 heavy (non-hydrogen) atoms. The lowest BCUT2D eigenvalue weighted by Crippen LogP contribution is -2.21. The van der Waals surface area contributed by atoms with Gasteiger partial charge in [0.25, 0.3) is 0 Å². The molecule has 3 nitrogen and oxygen atoms in total. The molecule has 0 radical (unpaired) electrons. The number of methoxy groups -OCH3 is 1. The van der Waals surface area contributed by atoms with Crippen LogP contribution in [-0.4, -0.2) is 26.5 Å². The van der Waals surface area contributed by atoms with Gasteiger partial charge in [-0.05, 0) is 30.5 Å². The molecule has 0 atom stereocenters. The predicted octanol–water partition coefficient (Wildman–Crippen LogP) is 2.78. The van der Waals surface area contributed by atoms with Crippen LogP contribution < -0.4 is 10.1 Å². The van der Waals surface area contributed by atoms with Crippen LogP contribution in [0.25, 0.3) is 0 Å². The molecule has 100 valence electrons. The molecular weight excluding hydrogens is 226 g/mol. The Labute approximate surface area is 110 Å². The summed E-state index contributed by atoms with van der Waals surface area (Å²) in [5.41, 5.74) is 2.88. The van der Waals surface area contributed by atoms with E-state index >= 15 is 0 Å². The normalized spacial score (nSPS) is 10.8. The van der Waals surface area contributed by atoms with Crippen molar-refractivity contribution < 1.29 is 9.53 Å². The van der Waals surface area contributed by atoms with Crippen molar-refractivity contribution in [1.29, 1.82) is 0 Å². The van der Waals surface area contributed by atoms with E-state index in [0.29, 0.717) is 12.5 Å². The van der Waals surface area contributed by atoms with Gasteiger partial charge < -0.3 is 10.1 Å². The van der Waals surface area contributed by atoms with E-state index in [4.69, 9.17) is 4.74 Å². The molecule has 0 aliphatic carbocycles. The number of carbonyl (C=O) groups is 1. The molecule has 0 amide bonds. The molecule has 1 rings (SSSR count). The van der Waals surface area contributed by atoms with Gasteiger partial charge in [-0.1, -0.05) is 32.9 Å². The van der Waals surface area contributed by atoms with Gasteiger partial charge in [-0.25, -0.2) is 0 Å². The SMILES string of the molecule is CCc1ccc(C(C)C)c(C(=O)CNC)c1OC. The zero-order chi connectivity index (χ0) is 13.7. The second-order valence-electron chi connectivity index (χ2n) is 4.68. The number of hydrogen-bond donors (Lipinski definition) is 1. The van der Waals surface area contributed by atoms with Crippen molar-refractivity contribution in [3.05, 3.63) is 28.8 Å². The van der Waals surface area contributed by atoms with Crippen molar-refractivity contribution in [1.82, 2.24) is 5.32 Å². The fourth-order valence-corrected chi connectivity index (χ4v) is 2.17. The van der Waals surface area contributed by atoms with Crippen molar-refractivity contribution >= 4 is 5.78 Å². The van der Waals surface area contributed by atoms with Crippen LogP contribution >= 0.6 is 0 Å². The third-order valence-corrected chi connectivity index (χ3v) is 3.09. The van der Waals surface area contributed by atoms with E-state index < -0.39 is 0 Å². The standard InChI is InChI=1S/C15H23NO2/c1-6-11-7-8-12(10(2)3)14(15(11)18-5)13(17)9-16-4/h7-8,10,16H,6,9H2,1-5H3. The summed E-state index contributed by atoms with van der Waals surface area (Å²) in [5, 5.41) is 2.92. The van der Waals surface area contributed by atoms with Gasteiger partial charge in [-0.15, -0.1) is 0 Å². The summed E-state index contributed by atoms with van der Waals surface area (Å²) in [6.07, 6.45) is 0.862. The lowest BCUT2D eigenvalue weighted by molar-refractivity contribution is 0.0989. The van der Waals surface area contributed by atoms with E-state index in [2.05, 4.69) is 38.2 Å². The number of ketones is 1. The molecule has 0 unspecified atom stereocenters. The van der Waals surface area contributed by atoms with Gasteiger partial charge in [-0.2, -0.15) is 0 Å². The maximum Gasteiger partial charge on any atom is 0.180 e. The largest absolute Gasteiger partial charge is 0.496 e. The van der Waals surface area contributed by atoms with Crippen LogP contribution in [0.1, 0.15) is 48.2 Å². The number of rotatable bonds is 6. The maximum absolute atomic E-state index is 12.3. The van der Waals surface area contributed by atoms with E-state index in [1.807, 2.05) is 0 Å². The summed E-state index contributed by atoms with van der Waals surface area (Å²) in [6.45, 7) is 6.59. The van der Waals surface area contributed by atoms with Crippen molar-refractivity contribution in [3.63, 3.8) is 0 Å². The van der Waals surface area contributed by atoms with E-state index in [1.165, 1.54) is 0 Å². The van der Waals surface area contributed by atoms with Crippen LogP contribution in [0, 0.1) is 0 Å². The first-order valence-electron chi connectivity index (χ1n) is 6.44. The molecule has 3 heteroatoms. The summed E-state index contributed by atoms with van der Waals surface area (Å²) in [4.78, 5) is 12.3. The number of carbonyl (C=O) groups excluding carboxylic acids is 1. The smallest absolute Gasteiger partial charge is 0.180 e. The van der Waals surface area contributed by atoms with Crippen LogP contribution in [-0.2, 0) is 6.42 Å². The van der Waals surface area contributed by atoms with Crippen molar-refractivity contribution in [2.24, 2.45) is 0 Å². The van der Waals surface area contributed by atoms with Crippen LogP contribution in [0.15, 0.2) is 12.1 Å². The lowest BCUT2D eigenvalue weighted by atomic mass is 9.91. The number of aryl methyl sites for hydroxylation is 1. The van der Waals surface area contributed by atoms with Crippen LogP contribution in [0.2, 0.25) is 0 Å². The number of benzene rings is 1. The molecule has 0 spiro atoms. The van der Waals surface area contributed by atoms with Crippen molar-refractivity contribution in [2.45, 2.75) is 33.1 Å². The molecule has 0 saturated heterocycles. The summed E-state index contributed by atoms with van der Waals surface area (Å²) < 4.78 is 5.48. The zero-order valence-electron chi connectivity index (χ0n) is 12.0. The third kappa shape index (κ3) is 2.91. The Morgan fingerprint density at radius 3 is 2.50 bits per heavy atom. The number of likely N-dealkylation sites (N-methyl/N-ethyl adjacent to an activating group) is 1. The number of hydrogen-bond acceptors (Lipinski definition) is 3. The average Bonchev–Trinajstić information content (AvgIpc) is 2.36. The highest BCUT2D eigenvalue weighted by Crippen LogP contribution is 2.32. The molecule has 0 aliphatic heterocycles. The summed E-state index contributed by atoms with van der Waals surface area (Å²) >= 11 is 0. The van der Waals surface area contributed by atoms with E-state index in [0.717, 1.165) is 28.9 Å². The van der Waals surface area contributed by atoms with E-state index in [-0.39, 0.29) is 5.78 Å². The number of ether oxygens (including phenoxy) is 1. The van der Waals surface area contributed by atoms with E-state index in [1.54, 1.807) is 14.2 Å². The van der Waals surface area contributed by atoms with Crippen molar-refractivity contribution in [3.8, 4) is 5.75 Å². The first kappa shape index (κ1) is 14.7. The first-order valence-corrected chi connectivity index (χ1v) is 6.44. The third-order valence-electron chi connectivity index (χ3n) is 3.09. The van der Waals surface area contributed by atoms with Gasteiger partial charge >= 0.3 is 0 Å². The van der Waals surface area contributed by atoms with Gasteiger partial charge in [-0.3, -0.25) is 4.79 Å². The maximum atomic E-state index is 12.3. The fourth-order valence-electron chi connectivity index (χ4n) is 2.17. The van der Waals surface area contributed by atoms with E-state index in [9.17, 15) is 4.79 Å². The molecule has 1 N–H and O–H groups in total. The zero-order valence-corrected chi connectivity index (χ0v) is 12.0. The Bertz CT molecular complexity index is 425. The molecule has 0 bridgehead atoms. The second-order valence-corrected chi connectivity index (χ2v) is 4.68. The highest BCUT2D eigenvalue weighted by Gasteiger charge is 2.20. The topological polar surface area (TPSA) is 38.3 Å². The first-order chi connectivity index (χ1) is 8.56. The molecule has 1 aromatic carbocycles. The minimum absolute atomic E-state index is 0.0911. The quantitative estimate of drug-likeness (QED) is 0.788. The van der Waals surface area contributed by atoms with Gasteiger partial charge in [0.15, 0.2) is 5.78 Å². The number of Topliss-reactive ketones (excluding diaryl/α,β-unsaturated/α-hetero) is 1. The summed E-state index contributed by atoms with van der Waals surface area (Å²) in [6, 6.07) is 4.11. The molecule has 1 aromatic rings. The number of nitrogens with one attached hydrogen (secondary N) is 1. The Balaban J connectivity index is 3.43. The summed E-state index contributed by atoms with van der Waals surface area (Å²) in [5.74, 6) is 1.14. The van der Waals surface area contributed by atoms with Gasteiger partial charge in [0.05, 0.1) is 19.2 Å².